The van der Waals surface area contributed by atoms with Gasteiger partial charge in [0.25, 0.3) is 0 Å². The van der Waals surface area contributed by atoms with E-state index in [-0.39, 0.29) is 19.1 Å². The quantitative estimate of drug-likeness (QED) is 0.109. The highest BCUT2D eigenvalue weighted by Crippen LogP contribution is 2.29. The summed E-state index contributed by atoms with van der Waals surface area (Å²) in [6.07, 6.45) is -12.0. The molecular weight excluding hydrogens is 454 g/mol. The molecule has 2 heterocycles. The van der Waals surface area contributed by atoms with Crippen molar-refractivity contribution in [3.05, 3.63) is 11.5 Å². The number of carbonyl (C=O) groups is 1. The maximum atomic E-state index is 11.5. The highest BCUT2D eigenvalue weighted by molar-refractivity contribution is 8.01. The number of ether oxygens (including phenoxy) is 4. The minimum Gasteiger partial charge on any atom is -0.394 e. The summed E-state index contributed by atoms with van der Waals surface area (Å²) in [5, 5.41) is 73.7. The maximum absolute atomic E-state index is 11.5. The molecule has 0 radical (unpaired) electrons. The number of aliphatic hydroxyl groups excluding tert-OH is 7. The molecule has 2 aliphatic heterocycles. The Morgan fingerprint density at radius 3 is 2.19 bits per heavy atom. The van der Waals surface area contributed by atoms with Crippen molar-refractivity contribution >= 4 is 17.7 Å². The van der Waals surface area contributed by atoms with Crippen molar-refractivity contribution in [3.63, 3.8) is 0 Å². The number of hydrogen-bond donors (Lipinski definition) is 8. The molecule has 1 amide bonds. The lowest BCUT2D eigenvalue weighted by molar-refractivity contribution is -0.359. The van der Waals surface area contributed by atoms with Crippen LogP contribution in [0.5, 0.6) is 0 Å². The summed E-state index contributed by atoms with van der Waals surface area (Å²) in [6, 6.07) is 0. The van der Waals surface area contributed by atoms with Crippen molar-refractivity contribution < 1.29 is 59.5 Å². The summed E-state index contributed by atoms with van der Waals surface area (Å²) in [4.78, 5) is 11.5. The lowest BCUT2D eigenvalue weighted by Gasteiger charge is -2.45. The number of thioether (sulfide) groups is 1. The Hall–Kier alpha value is -0.880. The highest BCUT2D eigenvalue weighted by Gasteiger charge is 2.50. The molecule has 0 aliphatic carbocycles. The number of hydrogen-bond acceptors (Lipinski definition) is 13. The first-order chi connectivity index (χ1) is 15.2. The number of carbonyl (C=O) groups excluding carboxylic acids is 1. The highest BCUT2D eigenvalue weighted by atomic mass is 32.2. The zero-order valence-electron chi connectivity index (χ0n) is 17.3. The summed E-state index contributed by atoms with van der Waals surface area (Å²) in [5.41, 5.74) is 0. The SMILES string of the molecule is CS/C=C/C(=O)NCCO[C@@H]1O[C@H](CO)[C@@H](O[C@@H]2O[C@H](CO)[C@@H](O)[C@H](O)[C@H]2O)[C@H](O)[C@H]1O. The second-order valence-corrected chi connectivity index (χ2v) is 7.95. The van der Waals surface area contributed by atoms with E-state index in [0.717, 1.165) is 0 Å². The zero-order chi connectivity index (χ0) is 23.8. The summed E-state index contributed by atoms with van der Waals surface area (Å²) >= 11 is 1.36. The Labute approximate surface area is 188 Å². The molecule has 0 unspecified atom stereocenters. The second kappa shape index (κ2) is 13.1. The molecular formula is C18H31NO12S. The van der Waals surface area contributed by atoms with Gasteiger partial charge in [0.15, 0.2) is 12.6 Å². The van der Waals surface area contributed by atoms with Crippen LogP contribution in [0.25, 0.3) is 0 Å². The fraction of sp³-hybridized carbons (Fsp3) is 0.833. The Kier molecular flexibility index (Phi) is 11.2. The molecule has 10 atom stereocenters. The van der Waals surface area contributed by atoms with E-state index in [9.17, 15) is 40.5 Å². The summed E-state index contributed by atoms with van der Waals surface area (Å²) in [6.45, 7) is -1.32. The van der Waals surface area contributed by atoms with Crippen LogP contribution in [-0.4, -0.2) is 136 Å². The van der Waals surface area contributed by atoms with Gasteiger partial charge in [0.2, 0.25) is 5.91 Å². The summed E-state index contributed by atoms with van der Waals surface area (Å²) in [7, 11) is 0. The molecule has 0 aromatic heterocycles. The molecule has 186 valence electrons. The molecule has 0 aromatic carbocycles. The third-order valence-corrected chi connectivity index (χ3v) is 5.41. The number of nitrogens with one attached hydrogen (secondary N) is 1. The van der Waals surface area contributed by atoms with Gasteiger partial charge in [0.1, 0.15) is 48.8 Å². The van der Waals surface area contributed by atoms with E-state index in [4.69, 9.17) is 18.9 Å². The van der Waals surface area contributed by atoms with Crippen LogP contribution in [-0.2, 0) is 23.7 Å². The molecule has 2 rings (SSSR count). The number of aliphatic hydroxyl groups is 7. The van der Waals surface area contributed by atoms with E-state index < -0.39 is 74.6 Å². The molecule has 8 N–H and O–H groups in total. The molecule has 2 saturated heterocycles. The largest absolute Gasteiger partial charge is 0.394 e. The van der Waals surface area contributed by atoms with Crippen molar-refractivity contribution in [2.75, 3.05) is 32.6 Å². The van der Waals surface area contributed by atoms with Gasteiger partial charge >= 0.3 is 0 Å². The second-order valence-electron chi connectivity index (χ2n) is 7.20. The molecule has 0 aromatic rings. The third-order valence-electron chi connectivity index (χ3n) is 5.00. The lowest BCUT2D eigenvalue weighted by atomic mass is 9.97. The molecule has 0 bridgehead atoms. The van der Waals surface area contributed by atoms with E-state index >= 15 is 0 Å². The van der Waals surface area contributed by atoms with Crippen LogP contribution in [0, 0.1) is 0 Å². The molecule has 0 spiro atoms. The zero-order valence-corrected chi connectivity index (χ0v) is 18.2. The van der Waals surface area contributed by atoms with Crippen molar-refractivity contribution in [2.24, 2.45) is 0 Å². The van der Waals surface area contributed by atoms with Crippen LogP contribution in [0.15, 0.2) is 11.5 Å². The van der Waals surface area contributed by atoms with Gasteiger partial charge in [0.05, 0.1) is 19.8 Å². The third kappa shape index (κ3) is 6.82. The molecule has 14 heteroatoms. The van der Waals surface area contributed by atoms with Gasteiger partial charge in [-0.15, -0.1) is 11.8 Å². The van der Waals surface area contributed by atoms with Crippen molar-refractivity contribution in [1.29, 1.82) is 0 Å². The standard InChI is InChI=1S/C18H31NO12S/c1-32-5-2-10(22)19-3-4-28-17-15(27)13(25)16(9(7-21)30-17)31-18-14(26)12(24)11(23)8(6-20)29-18/h2,5,8-9,11-18,20-21,23-27H,3-4,6-7H2,1H3,(H,19,22)/b5-2+/t8-,9-,11-,12+,13-,14-,15-,16-,17-,18+/m1/s1. The van der Waals surface area contributed by atoms with Gasteiger partial charge in [-0.3, -0.25) is 4.79 Å². The van der Waals surface area contributed by atoms with Crippen molar-refractivity contribution in [1.82, 2.24) is 5.32 Å². The Morgan fingerprint density at radius 2 is 1.56 bits per heavy atom. The van der Waals surface area contributed by atoms with Crippen LogP contribution in [0.2, 0.25) is 0 Å². The van der Waals surface area contributed by atoms with Gasteiger partial charge in [-0.1, -0.05) is 0 Å². The van der Waals surface area contributed by atoms with E-state index in [1.807, 2.05) is 0 Å². The minimum atomic E-state index is -1.74. The van der Waals surface area contributed by atoms with Crippen molar-refractivity contribution in [3.8, 4) is 0 Å². The molecule has 2 fully saturated rings. The van der Waals surface area contributed by atoms with Crippen molar-refractivity contribution in [2.45, 2.75) is 61.4 Å². The van der Waals surface area contributed by atoms with Gasteiger partial charge in [-0.2, -0.15) is 0 Å². The average Bonchev–Trinajstić information content (AvgIpc) is 2.79. The monoisotopic (exact) mass is 485 g/mol. The molecule has 2 aliphatic rings. The van der Waals surface area contributed by atoms with Gasteiger partial charge in [0, 0.05) is 12.6 Å². The van der Waals surface area contributed by atoms with Gasteiger partial charge in [-0.05, 0) is 11.7 Å². The van der Waals surface area contributed by atoms with E-state index in [0.29, 0.717) is 0 Å². The maximum Gasteiger partial charge on any atom is 0.244 e. The molecule has 32 heavy (non-hydrogen) atoms. The number of rotatable bonds is 10. The van der Waals surface area contributed by atoms with Crippen LogP contribution >= 0.6 is 11.8 Å². The summed E-state index contributed by atoms with van der Waals surface area (Å²) in [5.74, 6) is -0.339. The minimum absolute atomic E-state index is 0.0658. The van der Waals surface area contributed by atoms with Crippen LogP contribution in [0.1, 0.15) is 0 Å². The lowest BCUT2D eigenvalue weighted by Crippen LogP contribution is -2.64. The number of amides is 1. The normalized spacial score (nSPS) is 40.5. The Morgan fingerprint density at radius 1 is 0.938 bits per heavy atom. The van der Waals surface area contributed by atoms with Crippen LogP contribution in [0.4, 0.5) is 0 Å². The Balaban J connectivity index is 1.94. The van der Waals surface area contributed by atoms with Gasteiger partial charge in [-0.25, -0.2) is 0 Å². The smallest absolute Gasteiger partial charge is 0.244 e. The molecule has 0 saturated carbocycles. The summed E-state index contributed by atoms with van der Waals surface area (Å²) < 4.78 is 21.5. The van der Waals surface area contributed by atoms with Gasteiger partial charge < -0.3 is 60.0 Å². The van der Waals surface area contributed by atoms with E-state index in [1.54, 1.807) is 11.7 Å². The predicted molar refractivity (Wildman–Crippen MR) is 108 cm³/mol. The molecule has 13 nitrogen and oxygen atoms in total. The average molecular weight is 486 g/mol. The van der Waals surface area contributed by atoms with Crippen LogP contribution < -0.4 is 5.32 Å². The van der Waals surface area contributed by atoms with E-state index in [2.05, 4.69) is 5.32 Å². The fourth-order valence-electron chi connectivity index (χ4n) is 3.23. The first kappa shape index (κ1) is 27.4. The topological polar surface area (TPSA) is 208 Å². The predicted octanol–water partition coefficient (Wildman–Crippen LogP) is -4.38. The Bertz CT molecular complexity index is 609. The van der Waals surface area contributed by atoms with E-state index in [1.165, 1.54) is 17.8 Å². The first-order valence-electron chi connectivity index (χ1n) is 9.92. The first-order valence-corrected chi connectivity index (χ1v) is 11.2. The fourth-order valence-corrected chi connectivity index (χ4v) is 3.49. The van der Waals surface area contributed by atoms with Crippen LogP contribution in [0.3, 0.4) is 0 Å².